The molecule has 0 spiro atoms. The molecule has 2 heterocycles. The molecule has 2 aromatic rings. The maximum Gasteiger partial charge on any atom is 0.337 e. The van der Waals surface area contributed by atoms with Crippen molar-refractivity contribution >= 4 is 35.6 Å². The van der Waals surface area contributed by atoms with Crippen molar-refractivity contribution in [3.63, 3.8) is 0 Å². The van der Waals surface area contributed by atoms with Gasteiger partial charge in [-0.15, -0.1) is 0 Å². The van der Waals surface area contributed by atoms with E-state index in [1.807, 2.05) is 11.5 Å². The molecule has 1 aliphatic rings. The molecule has 9 heteroatoms. The topological polar surface area (TPSA) is 93.5 Å². The molecule has 0 atom stereocenters. The predicted octanol–water partition coefficient (Wildman–Crippen LogP) is 4.41. The lowest BCUT2D eigenvalue weighted by Gasteiger charge is -2.16. The second-order valence-electron chi connectivity index (χ2n) is 7.88. The van der Waals surface area contributed by atoms with Crippen LogP contribution in [0.1, 0.15) is 67.0 Å². The average Bonchev–Trinajstić information content (AvgIpc) is 3.30. The number of unbranched alkanes of at least 4 members (excludes halogenated alkanes) is 2. The molecule has 0 radical (unpaired) electrons. The standard InChI is InChI=1S/C24H29ClN4O4/c1-4-6-8-21-26-14-18(13-20-22(30)27-24(32)28(20)11-7-5-2)29(21)15-17-10-9-16(12-19(17)25)23(31)33-3/h9-10,12-14H,4-8,11,15H2,1-3H3,(H,27,30,32)/b20-13-. The summed E-state index contributed by atoms with van der Waals surface area (Å²) in [5, 5.41) is 2.81. The van der Waals surface area contributed by atoms with Crippen molar-refractivity contribution in [2.75, 3.05) is 13.7 Å². The van der Waals surface area contributed by atoms with Crippen molar-refractivity contribution < 1.29 is 19.1 Å². The van der Waals surface area contributed by atoms with E-state index in [9.17, 15) is 14.4 Å². The molecule has 1 fully saturated rings. The zero-order valence-corrected chi connectivity index (χ0v) is 19.9. The van der Waals surface area contributed by atoms with E-state index in [1.165, 1.54) is 12.0 Å². The molecule has 3 rings (SSSR count). The molecular formula is C24H29ClN4O4. The van der Waals surface area contributed by atoms with Gasteiger partial charge in [-0.3, -0.25) is 15.0 Å². The summed E-state index contributed by atoms with van der Waals surface area (Å²) in [5.74, 6) is -0.00898. The van der Waals surface area contributed by atoms with E-state index in [1.54, 1.807) is 30.5 Å². The highest BCUT2D eigenvalue weighted by molar-refractivity contribution is 6.31. The first-order valence-electron chi connectivity index (χ1n) is 11.1. The van der Waals surface area contributed by atoms with Crippen LogP contribution in [-0.4, -0.2) is 46.0 Å². The minimum atomic E-state index is -0.454. The fraction of sp³-hybridized carbons (Fsp3) is 0.417. The van der Waals surface area contributed by atoms with Crippen LogP contribution in [0.3, 0.4) is 0 Å². The van der Waals surface area contributed by atoms with Crippen molar-refractivity contribution in [3.05, 3.63) is 57.8 Å². The number of hydrogen-bond acceptors (Lipinski definition) is 5. The lowest BCUT2D eigenvalue weighted by Crippen LogP contribution is -2.28. The van der Waals surface area contributed by atoms with Crippen molar-refractivity contribution in [2.45, 2.75) is 52.5 Å². The van der Waals surface area contributed by atoms with Crippen LogP contribution < -0.4 is 5.32 Å². The Labute approximate surface area is 198 Å². The number of carbonyl (C=O) groups excluding carboxylic acids is 3. The molecule has 8 nitrogen and oxygen atoms in total. The molecule has 1 aliphatic heterocycles. The number of urea groups is 1. The number of nitrogens with zero attached hydrogens (tertiary/aromatic N) is 3. The lowest BCUT2D eigenvalue weighted by atomic mass is 10.1. The number of aromatic nitrogens is 2. The van der Waals surface area contributed by atoms with Crippen LogP contribution in [0.25, 0.3) is 6.08 Å². The number of amides is 3. The predicted molar refractivity (Wildman–Crippen MR) is 126 cm³/mol. The van der Waals surface area contributed by atoms with Gasteiger partial charge >= 0.3 is 12.0 Å². The van der Waals surface area contributed by atoms with Crippen molar-refractivity contribution in [1.82, 2.24) is 19.8 Å². The van der Waals surface area contributed by atoms with Gasteiger partial charge in [0.2, 0.25) is 0 Å². The number of hydrogen-bond donors (Lipinski definition) is 1. The van der Waals surface area contributed by atoms with Gasteiger partial charge < -0.3 is 9.30 Å². The van der Waals surface area contributed by atoms with E-state index in [0.29, 0.717) is 35.1 Å². The summed E-state index contributed by atoms with van der Waals surface area (Å²) in [4.78, 5) is 42.6. The van der Waals surface area contributed by atoms with Crippen LogP contribution in [0.4, 0.5) is 4.79 Å². The fourth-order valence-corrected chi connectivity index (χ4v) is 3.87. The summed E-state index contributed by atoms with van der Waals surface area (Å²) in [6.07, 6.45) is 7.86. The number of nitrogens with one attached hydrogen (secondary N) is 1. The summed E-state index contributed by atoms with van der Waals surface area (Å²) < 4.78 is 6.76. The number of esters is 1. The van der Waals surface area contributed by atoms with Crippen LogP contribution in [0.5, 0.6) is 0 Å². The zero-order valence-electron chi connectivity index (χ0n) is 19.2. The van der Waals surface area contributed by atoms with Crippen LogP contribution >= 0.6 is 11.6 Å². The van der Waals surface area contributed by atoms with Crippen LogP contribution in [0.2, 0.25) is 5.02 Å². The van der Waals surface area contributed by atoms with Crippen LogP contribution in [0.15, 0.2) is 30.1 Å². The third-order valence-corrected chi connectivity index (χ3v) is 5.89. The Morgan fingerprint density at radius 2 is 1.97 bits per heavy atom. The summed E-state index contributed by atoms with van der Waals surface area (Å²) in [5.41, 5.74) is 2.19. The molecule has 1 N–H and O–H groups in total. The number of carbonyl (C=O) groups is 3. The van der Waals surface area contributed by atoms with Gasteiger partial charge in [-0.25, -0.2) is 14.6 Å². The number of ether oxygens (including phenoxy) is 1. The molecule has 0 aliphatic carbocycles. The van der Waals surface area contributed by atoms with E-state index in [4.69, 9.17) is 16.3 Å². The maximum absolute atomic E-state index is 12.5. The Morgan fingerprint density at radius 1 is 1.21 bits per heavy atom. The molecule has 0 unspecified atom stereocenters. The van der Waals surface area contributed by atoms with Gasteiger partial charge in [-0.1, -0.05) is 44.4 Å². The Kier molecular flexibility index (Phi) is 8.27. The minimum Gasteiger partial charge on any atom is -0.465 e. The maximum atomic E-state index is 12.5. The summed E-state index contributed by atoms with van der Waals surface area (Å²) in [6, 6.07) is 4.63. The van der Waals surface area contributed by atoms with E-state index < -0.39 is 17.9 Å². The van der Waals surface area contributed by atoms with Crippen molar-refractivity contribution in [2.24, 2.45) is 0 Å². The molecule has 33 heavy (non-hydrogen) atoms. The lowest BCUT2D eigenvalue weighted by molar-refractivity contribution is -0.116. The van der Waals surface area contributed by atoms with Gasteiger partial charge in [0.1, 0.15) is 11.5 Å². The quantitative estimate of drug-likeness (QED) is 0.314. The van der Waals surface area contributed by atoms with Gasteiger partial charge in [0, 0.05) is 18.0 Å². The first-order valence-corrected chi connectivity index (χ1v) is 11.5. The highest BCUT2D eigenvalue weighted by atomic mass is 35.5. The summed E-state index contributed by atoms with van der Waals surface area (Å²) in [7, 11) is 1.32. The third kappa shape index (κ3) is 5.63. The normalized spacial score (nSPS) is 14.8. The van der Waals surface area contributed by atoms with E-state index >= 15 is 0 Å². The molecule has 0 saturated carbocycles. The third-order valence-electron chi connectivity index (χ3n) is 5.53. The molecule has 3 amide bonds. The molecule has 0 bridgehead atoms. The van der Waals surface area contributed by atoms with Gasteiger partial charge in [0.05, 0.1) is 31.1 Å². The molecule has 1 aromatic heterocycles. The second kappa shape index (κ2) is 11.1. The number of aryl methyl sites for hydroxylation is 1. The number of imide groups is 1. The Hall–Kier alpha value is -3.13. The fourth-order valence-electron chi connectivity index (χ4n) is 3.63. The number of rotatable bonds is 10. The Balaban J connectivity index is 1.98. The molecule has 1 saturated heterocycles. The number of benzene rings is 1. The van der Waals surface area contributed by atoms with E-state index in [0.717, 1.165) is 43.5 Å². The largest absolute Gasteiger partial charge is 0.465 e. The zero-order chi connectivity index (χ0) is 24.0. The van der Waals surface area contributed by atoms with Gasteiger partial charge in [0.15, 0.2) is 0 Å². The average molecular weight is 473 g/mol. The smallest absolute Gasteiger partial charge is 0.337 e. The Bertz CT molecular complexity index is 1080. The SMILES string of the molecule is CCCCc1ncc(/C=C2/C(=O)NC(=O)N2CCCC)n1Cc1ccc(C(=O)OC)cc1Cl. The summed E-state index contributed by atoms with van der Waals surface area (Å²) in [6.45, 7) is 5.02. The minimum absolute atomic E-state index is 0.309. The number of imidazole rings is 1. The first kappa shape index (κ1) is 24.5. The van der Waals surface area contributed by atoms with E-state index in [2.05, 4.69) is 17.2 Å². The number of methoxy groups -OCH3 is 1. The van der Waals surface area contributed by atoms with Crippen molar-refractivity contribution in [3.8, 4) is 0 Å². The van der Waals surface area contributed by atoms with Crippen LogP contribution in [-0.2, 0) is 22.5 Å². The Morgan fingerprint density at radius 3 is 2.64 bits per heavy atom. The second-order valence-corrected chi connectivity index (χ2v) is 8.29. The van der Waals surface area contributed by atoms with Gasteiger partial charge in [-0.2, -0.15) is 0 Å². The molecule has 1 aromatic carbocycles. The van der Waals surface area contributed by atoms with Gasteiger partial charge in [0.25, 0.3) is 5.91 Å². The summed E-state index contributed by atoms with van der Waals surface area (Å²) >= 11 is 6.48. The highest BCUT2D eigenvalue weighted by Crippen LogP contribution is 2.24. The highest BCUT2D eigenvalue weighted by Gasteiger charge is 2.32. The monoisotopic (exact) mass is 472 g/mol. The van der Waals surface area contributed by atoms with E-state index in [-0.39, 0.29) is 0 Å². The first-order chi connectivity index (χ1) is 15.9. The van der Waals surface area contributed by atoms with Crippen LogP contribution in [0, 0.1) is 0 Å². The van der Waals surface area contributed by atoms with Crippen molar-refractivity contribution in [1.29, 1.82) is 0 Å². The number of halogens is 1. The van der Waals surface area contributed by atoms with Gasteiger partial charge in [-0.05, 0) is 36.6 Å². The molecule has 176 valence electrons. The molecular weight excluding hydrogens is 444 g/mol.